The molecule has 0 radical (unpaired) electrons. The number of likely N-dealkylation sites (tertiary alicyclic amines) is 1. The first-order valence-corrected chi connectivity index (χ1v) is 12.2. The Hall–Kier alpha value is -3.80. The number of aromatic nitrogens is 1. The highest BCUT2D eigenvalue weighted by atomic mass is 16.3. The van der Waals surface area contributed by atoms with Crippen LogP contribution in [-0.2, 0) is 12.0 Å². The van der Waals surface area contributed by atoms with Crippen LogP contribution in [0.3, 0.4) is 0 Å². The Balaban J connectivity index is 1.50. The van der Waals surface area contributed by atoms with Gasteiger partial charge < -0.3 is 19.2 Å². The van der Waals surface area contributed by atoms with Crippen LogP contribution in [0, 0.1) is 0 Å². The third kappa shape index (κ3) is 4.74. The van der Waals surface area contributed by atoms with E-state index in [9.17, 15) is 9.59 Å². The largest absolute Gasteiger partial charge is 0.459 e. The molecule has 4 aromatic rings. The Labute approximate surface area is 205 Å². The molecule has 0 bridgehead atoms. The quantitative estimate of drug-likeness (QED) is 0.386. The van der Waals surface area contributed by atoms with Crippen LogP contribution in [0.25, 0.3) is 10.9 Å². The summed E-state index contributed by atoms with van der Waals surface area (Å²) in [7, 11) is 0. The van der Waals surface area contributed by atoms with Gasteiger partial charge in [0.05, 0.1) is 6.26 Å². The lowest BCUT2D eigenvalue weighted by atomic mass is 9.87. The number of anilines is 1. The molecule has 0 atom stereocenters. The maximum atomic E-state index is 13.5. The Morgan fingerprint density at radius 3 is 2.37 bits per heavy atom. The molecule has 0 spiro atoms. The molecule has 1 N–H and O–H groups in total. The summed E-state index contributed by atoms with van der Waals surface area (Å²) in [5.74, 6) is 0.0125. The summed E-state index contributed by atoms with van der Waals surface area (Å²) in [6, 6.07) is 19.6. The summed E-state index contributed by atoms with van der Waals surface area (Å²) in [6.07, 6.45) is 3.56. The molecule has 1 aliphatic rings. The van der Waals surface area contributed by atoms with Crippen LogP contribution >= 0.6 is 0 Å². The second-order valence-electron chi connectivity index (χ2n) is 10.3. The highest BCUT2D eigenvalue weighted by Gasteiger charge is 2.24. The molecule has 0 saturated carbocycles. The van der Waals surface area contributed by atoms with Gasteiger partial charge in [0, 0.05) is 36.2 Å². The Morgan fingerprint density at radius 1 is 0.971 bits per heavy atom. The van der Waals surface area contributed by atoms with Gasteiger partial charge in [0.15, 0.2) is 5.76 Å². The highest BCUT2D eigenvalue weighted by Crippen LogP contribution is 2.28. The fraction of sp³-hybridized carbons (Fsp3) is 0.310. The van der Waals surface area contributed by atoms with Crippen LogP contribution < -0.4 is 5.32 Å². The van der Waals surface area contributed by atoms with E-state index >= 15 is 0 Å². The molecule has 0 aliphatic carbocycles. The van der Waals surface area contributed by atoms with E-state index in [0.717, 1.165) is 42.4 Å². The molecule has 2 aromatic carbocycles. The average Bonchev–Trinajstić information content (AvgIpc) is 3.60. The summed E-state index contributed by atoms with van der Waals surface area (Å²) in [5.41, 5.74) is 4.81. The minimum Gasteiger partial charge on any atom is -0.459 e. The summed E-state index contributed by atoms with van der Waals surface area (Å²) in [6.45, 7) is 8.81. The standard InChI is InChI=1S/C29H31N3O3/c1-29(2,3)22-10-8-20(9-11-22)19-32-24-13-12-23(30-27(33)26-7-6-16-35-26)17-21(24)18-25(32)28(34)31-14-4-5-15-31/h6-13,16-18H,4-5,14-15,19H2,1-3H3,(H,30,33). The molecule has 2 amide bonds. The molecule has 5 rings (SSSR count). The van der Waals surface area contributed by atoms with E-state index in [1.54, 1.807) is 12.1 Å². The predicted octanol–water partition coefficient (Wildman–Crippen LogP) is 6.07. The molecule has 180 valence electrons. The van der Waals surface area contributed by atoms with E-state index in [2.05, 4.69) is 54.9 Å². The van der Waals surface area contributed by atoms with Crippen molar-refractivity contribution in [2.75, 3.05) is 18.4 Å². The fourth-order valence-electron chi connectivity index (χ4n) is 4.67. The van der Waals surface area contributed by atoms with Crippen LogP contribution in [0.5, 0.6) is 0 Å². The predicted molar refractivity (Wildman–Crippen MR) is 138 cm³/mol. The number of nitrogens with zero attached hydrogens (tertiary/aromatic N) is 2. The lowest BCUT2D eigenvalue weighted by molar-refractivity contribution is 0.0783. The van der Waals surface area contributed by atoms with Crippen molar-refractivity contribution < 1.29 is 14.0 Å². The fourth-order valence-corrected chi connectivity index (χ4v) is 4.67. The van der Waals surface area contributed by atoms with Crippen molar-refractivity contribution in [3.8, 4) is 0 Å². The zero-order valence-electron chi connectivity index (χ0n) is 20.5. The van der Waals surface area contributed by atoms with Crippen LogP contribution in [0.15, 0.2) is 71.3 Å². The number of nitrogens with one attached hydrogen (secondary N) is 1. The zero-order valence-corrected chi connectivity index (χ0v) is 20.5. The third-order valence-electron chi connectivity index (χ3n) is 6.68. The molecule has 6 heteroatoms. The summed E-state index contributed by atoms with van der Waals surface area (Å²) < 4.78 is 7.29. The number of carbonyl (C=O) groups excluding carboxylic acids is 2. The smallest absolute Gasteiger partial charge is 0.291 e. The van der Waals surface area contributed by atoms with E-state index in [0.29, 0.717) is 17.9 Å². The molecular weight excluding hydrogens is 438 g/mol. The van der Waals surface area contributed by atoms with Gasteiger partial charge in [-0.25, -0.2) is 0 Å². The molecule has 1 aliphatic heterocycles. The number of rotatable bonds is 5. The topological polar surface area (TPSA) is 67.5 Å². The van der Waals surface area contributed by atoms with Gasteiger partial charge in [0.25, 0.3) is 11.8 Å². The van der Waals surface area contributed by atoms with E-state index in [1.807, 2.05) is 29.2 Å². The number of amides is 2. The van der Waals surface area contributed by atoms with Gasteiger partial charge in [-0.2, -0.15) is 0 Å². The van der Waals surface area contributed by atoms with Crippen molar-refractivity contribution >= 4 is 28.4 Å². The minimum atomic E-state index is -0.305. The van der Waals surface area contributed by atoms with Gasteiger partial charge in [0.1, 0.15) is 5.69 Å². The van der Waals surface area contributed by atoms with Crippen molar-refractivity contribution in [3.63, 3.8) is 0 Å². The Morgan fingerprint density at radius 2 is 1.71 bits per heavy atom. The molecule has 3 heterocycles. The number of furan rings is 1. The number of fused-ring (bicyclic) bond motifs is 1. The van der Waals surface area contributed by atoms with Crippen LogP contribution in [0.1, 0.15) is 65.8 Å². The highest BCUT2D eigenvalue weighted by molar-refractivity contribution is 6.04. The second kappa shape index (κ2) is 9.10. The monoisotopic (exact) mass is 469 g/mol. The molecule has 2 aromatic heterocycles. The van der Waals surface area contributed by atoms with Gasteiger partial charge in [-0.3, -0.25) is 9.59 Å². The minimum absolute atomic E-state index is 0.0613. The molecule has 6 nitrogen and oxygen atoms in total. The first kappa shape index (κ1) is 23.0. The molecule has 1 saturated heterocycles. The van der Waals surface area contributed by atoms with Gasteiger partial charge in [-0.05, 0) is 65.8 Å². The molecular formula is C29H31N3O3. The Kier molecular flexibility index (Phi) is 5.97. The van der Waals surface area contributed by atoms with E-state index in [4.69, 9.17) is 4.42 Å². The zero-order chi connectivity index (χ0) is 24.6. The van der Waals surface area contributed by atoms with E-state index in [-0.39, 0.29) is 23.0 Å². The van der Waals surface area contributed by atoms with Crippen molar-refractivity contribution in [1.82, 2.24) is 9.47 Å². The SMILES string of the molecule is CC(C)(C)c1ccc(Cn2c(C(=O)N3CCCC3)cc3cc(NC(=O)c4ccco4)ccc32)cc1. The number of carbonyl (C=O) groups is 2. The third-order valence-corrected chi connectivity index (χ3v) is 6.68. The Bertz CT molecular complexity index is 1350. The van der Waals surface area contributed by atoms with Gasteiger partial charge >= 0.3 is 0 Å². The first-order valence-electron chi connectivity index (χ1n) is 12.2. The second-order valence-corrected chi connectivity index (χ2v) is 10.3. The van der Waals surface area contributed by atoms with Gasteiger partial charge in [-0.1, -0.05) is 45.0 Å². The van der Waals surface area contributed by atoms with E-state index in [1.165, 1.54) is 11.8 Å². The van der Waals surface area contributed by atoms with Gasteiger partial charge in [0.2, 0.25) is 0 Å². The molecule has 35 heavy (non-hydrogen) atoms. The van der Waals surface area contributed by atoms with Crippen molar-refractivity contribution in [3.05, 3.63) is 89.5 Å². The van der Waals surface area contributed by atoms with E-state index < -0.39 is 0 Å². The molecule has 1 fully saturated rings. The first-order chi connectivity index (χ1) is 16.8. The van der Waals surface area contributed by atoms with Crippen molar-refractivity contribution in [2.24, 2.45) is 0 Å². The van der Waals surface area contributed by atoms with Gasteiger partial charge in [-0.15, -0.1) is 0 Å². The van der Waals surface area contributed by atoms with Crippen LogP contribution in [0.2, 0.25) is 0 Å². The number of benzene rings is 2. The van der Waals surface area contributed by atoms with Crippen LogP contribution in [0.4, 0.5) is 5.69 Å². The maximum Gasteiger partial charge on any atom is 0.291 e. The van der Waals surface area contributed by atoms with Crippen molar-refractivity contribution in [1.29, 1.82) is 0 Å². The van der Waals surface area contributed by atoms with Crippen molar-refractivity contribution in [2.45, 2.75) is 45.6 Å². The summed E-state index contributed by atoms with van der Waals surface area (Å²) >= 11 is 0. The normalized spacial score (nSPS) is 14.0. The maximum absolute atomic E-state index is 13.5. The lowest BCUT2D eigenvalue weighted by Crippen LogP contribution is -2.29. The molecule has 0 unspecified atom stereocenters. The summed E-state index contributed by atoms with van der Waals surface area (Å²) in [4.78, 5) is 27.8. The number of hydrogen-bond donors (Lipinski definition) is 1. The average molecular weight is 470 g/mol. The summed E-state index contributed by atoms with van der Waals surface area (Å²) in [5, 5.41) is 3.80. The number of hydrogen-bond acceptors (Lipinski definition) is 3. The van der Waals surface area contributed by atoms with Crippen LogP contribution in [-0.4, -0.2) is 34.4 Å². The lowest BCUT2D eigenvalue weighted by Gasteiger charge is -2.20.